The fourth-order valence-corrected chi connectivity index (χ4v) is 3.70. The van der Waals surface area contributed by atoms with Crippen LogP contribution >= 0.6 is 0 Å². The molecule has 1 heterocycles. The second-order valence-corrected chi connectivity index (χ2v) is 6.79. The zero-order valence-corrected chi connectivity index (χ0v) is 14.8. The summed E-state index contributed by atoms with van der Waals surface area (Å²) in [5.41, 5.74) is 11.2. The molecule has 0 radical (unpaired) electrons. The van der Waals surface area contributed by atoms with Crippen LogP contribution in [0.2, 0.25) is 0 Å². The second kappa shape index (κ2) is 6.71. The third kappa shape index (κ3) is 2.99. The molecule has 132 valence electrons. The highest BCUT2D eigenvalue weighted by atomic mass is 16.5. The number of hydrogen-bond donors (Lipinski definition) is 2. The van der Waals surface area contributed by atoms with Crippen LogP contribution in [0.25, 0.3) is 11.3 Å². The maximum Gasteiger partial charge on any atom is 0.250 e. The van der Waals surface area contributed by atoms with Gasteiger partial charge in [-0.25, -0.2) is 0 Å². The first-order valence-corrected chi connectivity index (χ1v) is 9.01. The van der Waals surface area contributed by atoms with Crippen LogP contribution in [0.1, 0.15) is 40.0 Å². The van der Waals surface area contributed by atoms with Crippen molar-refractivity contribution in [3.05, 3.63) is 70.9 Å². The Kier molecular flexibility index (Phi) is 4.25. The number of primary amides is 1. The van der Waals surface area contributed by atoms with Crippen molar-refractivity contribution < 1.29 is 9.53 Å². The molecule has 2 aromatic carbocycles. The zero-order chi connectivity index (χ0) is 18.1. The van der Waals surface area contributed by atoms with Gasteiger partial charge in [-0.1, -0.05) is 24.3 Å². The predicted molar refractivity (Wildman–Crippen MR) is 103 cm³/mol. The molecular formula is C22H22N2O2. The number of H-pyrrole nitrogens is 1. The molecule has 1 aliphatic carbocycles. The molecule has 0 saturated heterocycles. The number of aromatic amines is 1. The summed E-state index contributed by atoms with van der Waals surface area (Å²) in [5, 5.41) is 0. The summed E-state index contributed by atoms with van der Waals surface area (Å²) in [6, 6.07) is 15.9. The van der Waals surface area contributed by atoms with Gasteiger partial charge in [0.1, 0.15) is 11.5 Å². The summed E-state index contributed by atoms with van der Waals surface area (Å²) in [4.78, 5) is 14.8. The molecule has 4 nitrogen and oxygen atoms in total. The Morgan fingerprint density at radius 3 is 2.62 bits per heavy atom. The van der Waals surface area contributed by atoms with Crippen LogP contribution in [0, 0.1) is 6.92 Å². The van der Waals surface area contributed by atoms with E-state index in [1.807, 2.05) is 37.3 Å². The molecule has 4 rings (SSSR count). The van der Waals surface area contributed by atoms with E-state index < -0.39 is 5.91 Å². The van der Waals surface area contributed by atoms with E-state index >= 15 is 0 Å². The van der Waals surface area contributed by atoms with Gasteiger partial charge < -0.3 is 15.5 Å². The van der Waals surface area contributed by atoms with Crippen molar-refractivity contribution in [3.8, 4) is 22.8 Å². The third-order valence-corrected chi connectivity index (χ3v) is 5.03. The average molecular weight is 346 g/mol. The van der Waals surface area contributed by atoms with Crippen molar-refractivity contribution in [1.29, 1.82) is 0 Å². The van der Waals surface area contributed by atoms with Gasteiger partial charge in [0.25, 0.3) is 5.91 Å². The van der Waals surface area contributed by atoms with E-state index in [0.717, 1.165) is 41.3 Å². The van der Waals surface area contributed by atoms with E-state index in [1.54, 1.807) is 6.07 Å². The molecule has 1 aliphatic rings. The highest BCUT2D eigenvalue weighted by molar-refractivity contribution is 5.95. The molecule has 0 unspecified atom stereocenters. The first-order chi connectivity index (χ1) is 12.6. The van der Waals surface area contributed by atoms with E-state index in [-0.39, 0.29) is 0 Å². The number of aryl methyl sites for hydroxylation is 2. The maximum absolute atomic E-state index is 11.6. The lowest BCUT2D eigenvalue weighted by molar-refractivity contribution is 0.1000. The molecular weight excluding hydrogens is 324 g/mol. The quantitative estimate of drug-likeness (QED) is 0.715. The second-order valence-electron chi connectivity index (χ2n) is 6.79. The number of hydrogen-bond acceptors (Lipinski definition) is 2. The molecule has 0 aliphatic heterocycles. The van der Waals surface area contributed by atoms with Crippen molar-refractivity contribution in [1.82, 2.24) is 4.98 Å². The SMILES string of the molecule is Cc1[nH]c(-c2ccccc2Oc2cccc3c2CCCC3)cc1C(N)=O. The van der Waals surface area contributed by atoms with Crippen molar-refractivity contribution >= 4 is 5.91 Å². The lowest BCUT2D eigenvalue weighted by Gasteiger charge is -2.20. The molecule has 0 fully saturated rings. The summed E-state index contributed by atoms with van der Waals surface area (Å²) in [5.74, 6) is 1.26. The zero-order valence-electron chi connectivity index (χ0n) is 14.8. The van der Waals surface area contributed by atoms with Gasteiger partial charge >= 0.3 is 0 Å². The fourth-order valence-electron chi connectivity index (χ4n) is 3.70. The number of nitrogens with one attached hydrogen (secondary N) is 1. The molecule has 1 aromatic heterocycles. The Hall–Kier alpha value is -3.01. The van der Waals surface area contributed by atoms with Crippen LogP contribution in [0.15, 0.2) is 48.5 Å². The van der Waals surface area contributed by atoms with Gasteiger partial charge in [-0.3, -0.25) is 4.79 Å². The standard InChI is InChI=1S/C22H22N2O2/c1-14-18(22(23)25)13-19(24-14)17-10-4-5-11-21(17)26-20-12-6-8-15-7-2-3-9-16(15)20/h4-6,8,10-13,24H,2-3,7,9H2,1H3,(H2,23,25). The summed E-state index contributed by atoms with van der Waals surface area (Å²) in [7, 11) is 0. The van der Waals surface area contributed by atoms with Crippen LogP contribution in [-0.4, -0.2) is 10.9 Å². The highest BCUT2D eigenvalue weighted by Crippen LogP contribution is 2.37. The molecule has 26 heavy (non-hydrogen) atoms. The summed E-state index contributed by atoms with van der Waals surface area (Å²) < 4.78 is 6.34. The van der Waals surface area contributed by atoms with Crippen LogP contribution in [0.5, 0.6) is 11.5 Å². The number of aromatic nitrogens is 1. The molecule has 3 aromatic rings. The summed E-state index contributed by atoms with van der Waals surface area (Å²) >= 11 is 0. The number of para-hydroxylation sites is 1. The Balaban J connectivity index is 1.74. The number of benzene rings is 2. The molecule has 1 amide bonds. The first-order valence-electron chi connectivity index (χ1n) is 9.01. The average Bonchev–Trinajstić information content (AvgIpc) is 3.04. The lowest BCUT2D eigenvalue weighted by Crippen LogP contribution is -2.10. The van der Waals surface area contributed by atoms with Crippen LogP contribution < -0.4 is 10.5 Å². The van der Waals surface area contributed by atoms with Crippen molar-refractivity contribution in [2.45, 2.75) is 32.6 Å². The monoisotopic (exact) mass is 346 g/mol. The number of ether oxygens (including phenoxy) is 1. The Labute approximate surface area is 153 Å². The smallest absolute Gasteiger partial charge is 0.250 e. The normalized spacial score (nSPS) is 13.3. The Bertz CT molecular complexity index is 972. The number of fused-ring (bicyclic) bond motifs is 1. The first kappa shape index (κ1) is 16.5. The summed E-state index contributed by atoms with van der Waals surface area (Å²) in [6.45, 7) is 1.85. The van der Waals surface area contributed by atoms with Gasteiger partial charge in [0.15, 0.2) is 0 Å². The van der Waals surface area contributed by atoms with E-state index in [0.29, 0.717) is 5.56 Å². The minimum atomic E-state index is -0.430. The van der Waals surface area contributed by atoms with E-state index in [2.05, 4.69) is 17.1 Å². The number of amides is 1. The molecule has 3 N–H and O–H groups in total. The van der Waals surface area contributed by atoms with E-state index in [1.165, 1.54) is 24.0 Å². The molecule has 0 bridgehead atoms. The minimum Gasteiger partial charge on any atom is -0.456 e. The van der Waals surface area contributed by atoms with Gasteiger partial charge in [0, 0.05) is 11.3 Å². The van der Waals surface area contributed by atoms with Gasteiger partial charge in [-0.2, -0.15) is 0 Å². The molecule has 4 heteroatoms. The van der Waals surface area contributed by atoms with E-state index in [4.69, 9.17) is 10.5 Å². The van der Waals surface area contributed by atoms with Crippen LogP contribution in [0.3, 0.4) is 0 Å². The topological polar surface area (TPSA) is 68.1 Å². The number of carbonyl (C=O) groups excluding carboxylic acids is 1. The number of rotatable bonds is 4. The Morgan fingerprint density at radius 2 is 1.81 bits per heavy atom. The van der Waals surface area contributed by atoms with Crippen LogP contribution in [0.4, 0.5) is 0 Å². The molecule has 0 atom stereocenters. The largest absolute Gasteiger partial charge is 0.456 e. The predicted octanol–water partition coefficient (Wildman–Crippen LogP) is 4.76. The van der Waals surface area contributed by atoms with Gasteiger partial charge in [-0.05, 0) is 68.0 Å². The number of carbonyl (C=O) groups is 1. The molecule has 0 spiro atoms. The maximum atomic E-state index is 11.6. The van der Waals surface area contributed by atoms with E-state index in [9.17, 15) is 4.79 Å². The van der Waals surface area contributed by atoms with Crippen molar-refractivity contribution in [3.63, 3.8) is 0 Å². The summed E-state index contributed by atoms with van der Waals surface area (Å²) in [6.07, 6.45) is 4.62. The minimum absolute atomic E-state index is 0.430. The number of nitrogens with two attached hydrogens (primary N) is 1. The highest BCUT2D eigenvalue weighted by Gasteiger charge is 2.17. The molecule has 0 saturated carbocycles. The Morgan fingerprint density at radius 1 is 1.04 bits per heavy atom. The van der Waals surface area contributed by atoms with Gasteiger partial charge in [-0.15, -0.1) is 0 Å². The third-order valence-electron chi connectivity index (χ3n) is 5.03. The van der Waals surface area contributed by atoms with Gasteiger partial charge in [0.2, 0.25) is 0 Å². The fraction of sp³-hybridized carbons (Fsp3) is 0.227. The van der Waals surface area contributed by atoms with Crippen molar-refractivity contribution in [2.24, 2.45) is 5.73 Å². The van der Waals surface area contributed by atoms with Crippen LogP contribution in [-0.2, 0) is 12.8 Å². The van der Waals surface area contributed by atoms with Crippen molar-refractivity contribution in [2.75, 3.05) is 0 Å². The lowest BCUT2D eigenvalue weighted by atomic mass is 9.91. The van der Waals surface area contributed by atoms with Gasteiger partial charge in [0.05, 0.1) is 11.3 Å².